The summed E-state index contributed by atoms with van der Waals surface area (Å²) in [6, 6.07) is 13.0. The van der Waals surface area contributed by atoms with Crippen molar-refractivity contribution in [2.24, 2.45) is 0 Å². The largest absolute Gasteiger partial charge is 0.349 e. The summed E-state index contributed by atoms with van der Waals surface area (Å²) in [6.45, 7) is 3.25. The van der Waals surface area contributed by atoms with Crippen LogP contribution < -0.4 is 10.6 Å². The van der Waals surface area contributed by atoms with E-state index >= 15 is 0 Å². The summed E-state index contributed by atoms with van der Waals surface area (Å²) in [7, 11) is 0. The fourth-order valence-corrected chi connectivity index (χ4v) is 2.25. The Morgan fingerprint density at radius 1 is 1.13 bits per heavy atom. The molecule has 0 aliphatic rings. The molecule has 2 rings (SSSR count). The van der Waals surface area contributed by atoms with Gasteiger partial charge in [0.2, 0.25) is 11.8 Å². The van der Waals surface area contributed by atoms with Crippen LogP contribution in [0, 0.1) is 5.82 Å². The predicted octanol–water partition coefficient (Wildman–Crippen LogP) is 3.20. The van der Waals surface area contributed by atoms with Crippen molar-refractivity contribution in [3.63, 3.8) is 0 Å². The van der Waals surface area contributed by atoms with Crippen molar-refractivity contribution >= 4 is 17.5 Å². The van der Waals surface area contributed by atoms with Gasteiger partial charge in [-0.25, -0.2) is 4.39 Å². The van der Waals surface area contributed by atoms with Gasteiger partial charge in [-0.15, -0.1) is 0 Å². The number of carbonyl (C=O) groups is 2. The summed E-state index contributed by atoms with van der Waals surface area (Å²) in [5, 5.41) is 5.51. The van der Waals surface area contributed by atoms with Gasteiger partial charge in [0.1, 0.15) is 5.82 Å². The maximum Gasteiger partial charge on any atom is 0.224 e. The third-order valence-electron chi connectivity index (χ3n) is 3.37. The average molecular weight is 314 g/mol. The van der Waals surface area contributed by atoms with Crippen LogP contribution in [0.25, 0.3) is 0 Å². The molecule has 0 aliphatic carbocycles. The molecular weight excluding hydrogens is 295 g/mol. The van der Waals surface area contributed by atoms with Gasteiger partial charge in [0.15, 0.2) is 0 Å². The highest BCUT2D eigenvalue weighted by molar-refractivity contribution is 5.88. The highest BCUT2D eigenvalue weighted by atomic mass is 19.1. The number of carbonyl (C=O) groups excluding carboxylic acids is 2. The van der Waals surface area contributed by atoms with Crippen molar-refractivity contribution in [3.8, 4) is 0 Å². The van der Waals surface area contributed by atoms with Gasteiger partial charge in [-0.05, 0) is 42.3 Å². The van der Waals surface area contributed by atoms with Gasteiger partial charge in [0.25, 0.3) is 0 Å². The van der Waals surface area contributed by atoms with Crippen molar-refractivity contribution in [1.82, 2.24) is 5.32 Å². The van der Waals surface area contributed by atoms with Gasteiger partial charge in [0, 0.05) is 12.6 Å². The minimum Gasteiger partial charge on any atom is -0.349 e. The normalized spacial score (nSPS) is 11.6. The Kier molecular flexibility index (Phi) is 5.46. The van der Waals surface area contributed by atoms with Crippen LogP contribution in [0.2, 0.25) is 0 Å². The van der Waals surface area contributed by atoms with E-state index in [1.165, 1.54) is 19.1 Å². The molecule has 0 radical (unpaired) electrons. The Morgan fingerprint density at radius 3 is 2.43 bits per heavy atom. The van der Waals surface area contributed by atoms with E-state index in [2.05, 4.69) is 10.6 Å². The zero-order valence-corrected chi connectivity index (χ0v) is 13.1. The molecule has 1 unspecified atom stereocenters. The third kappa shape index (κ3) is 5.21. The topological polar surface area (TPSA) is 58.2 Å². The Bertz CT molecular complexity index is 698. The quantitative estimate of drug-likeness (QED) is 0.890. The van der Waals surface area contributed by atoms with Crippen molar-refractivity contribution < 1.29 is 14.0 Å². The summed E-state index contributed by atoms with van der Waals surface area (Å²) in [5.74, 6) is -0.606. The number of benzene rings is 2. The minimum atomic E-state index is -0.322. The molecule has 2 aromatic carbocycles. The predicted molar refractivity (Wildman–Crippen MR) is 87.4 cm³/mol. The smallest absolute Gasteiger partial charge is 0.224 e. The Hall–Kier alpha value is -2.69. The van der Waals surface area contributed by atoms with Crippen LogP contribution in [0.15, 0.2) is 48.5 Å². The van der Waals surface area contributed by atoms with E-state index < -0.39 is 0 Å². The molecule has 5 heteroatoms. The zero-order chi connectivity index (χ0) is 16.8. The summed E-state index contributed by atoms with van der Waals surface area (Å²) in [5.41, 5.74) is 2.25. The van der Waals surface area contributed by atoms with Gasteiger partial charge >= 0.3 is 0 Å². The zero-order valence-electron chi connectivity index (χ0n) is 13.1. The number of amides is 2. The second kappa shape index (κ2) is 7.54. The lowest BCUT2D eigenvalue weighted by Gasteiger charge is -2.14. The van der Waals surface area contributed by atoms with E-state index in [0.29, 0.717) is 5.69 Å². The molecule has 0 aliphatic heterocycles. The van der Waals surface area contributed by atoms with Crippen molar-refractivity contribution in [3.05, 3.63) is 65.5 Å². The first-order chi connectivity index (χ1) is 10.9. The molecule has 0 bridgehead atoms. The van der Waals surface area contributed by atoms with E-state index in [1.54, 1.807) is 36.4 Å². The molecule has 23 heavy (non-hydrogen) atoms. The van der Waals surface area contributed by atoms with Crippen LogP contribution in [0.1, 0.15) is 31.0 Å². The highest BCUT2D eigenvalue weighted by Crippen LogP contribution is 2.14. The van der Waals surface area contributed by atoms with Crippen LogP contribution in [0.3, 0.4) is 0 Å². The lowest BCUT2D eigenvalue weighted by molar-refractivity contribution is -0.121. The molecule has 2 amide bonds. The summed E-state index contributed by atoms with van der Waals surface area (Å²) >= 11 is 0. The third-order valence-corrected chi connectivity index (χ3v) is 3.37. The molecule has 1 atom stereocenters. The lowest BCUT2D eigenvalue weighted by Crippen LogP contribution is -2.28. The first-order valence-corrected chi connectivity index (χ1v) is 7.35. The maximum atomic E-state index is 13.2. The first-order valence-electron chi connectivity index (χ1n) is 7.35. The molecule has 4 nitrogen and oxygen atoms in total. The molecule has 0 aromatic heterocycles. The number of rotatable bonds is 5. The maximum absolute atomic E-state index is 13.2. The first kappa shape index (κ1) is 16.7. The van der Waals surface area contributed by atoms with E-state index in [0.717, 1.165) is 11.1 Å². The van der Waals surface area contributed by atoms with Gasteiger partial charge < -0.3 is 10.6 Å². The van der Waals surface area contributed by atoms with E-state index in [1.807, 2.05) is 6.92 Å². The molecular formula is C18H19FN2O2. The summed E-state index contributed by atoms with van der Waals surface area (Å²) < 4.78 is 13.2. The Morgan fingerprint density at radius 2 is 1.83 bits per heavy atom. The van der Waals surface area contributed by atoms with E-state index in [9.17, 15) is 14.0 Å². The molecule has 0 saturated carbocycles. The lowest BCUT2D eigenvalue weighted by atomic mass is 10.1. The van der Waals surface area contributed by atoms with Gasteiger partial charge in [-0.1, -0.05) is 24.3 Å². The Labute approximate surface area is 134 Å². The standard InChI is InChI=1S/C18H19FN2O2/c1-12(15-4-3-5-16(19)11-15)20-18(23)10-14-6-8-17(9-7-14)21-13(2)22/h3-9,11-12H,10H2,1-2H3,(H,20,23)(H,21,22). The molecule has 2 aromatic rings. The van der Waals surface area contributed by atoms with Crippen LogP contribution in [0.5, 0.6) is 0 Å². The summed E-state index contributed by atoms with van der Waals surface area (Å²) in [4.78, 5) is 23.0. The van der Waals surface area contributed by atoms with E-state index in [-0.39, 0.29) is 30.1 Å². The van der Waals surface area contributed by atoms with Crippen LogP contribution in [0.4, 0.5) is 10.1 Å². The van der Waals surface area contributed by atoms with Crippen LogP contribution >= 0.6 is 0 Å². The second-order valence-electron chi connectivity index (χ2n) is 5.40. The van der Waals surface area contributed by atoms with Gasteiger partial charge in [-0.2, -0.15) is 0 Å². The monoisotopic (exact) mass is 314 g/mol. The fraction of sp³-hybridized carbons (Fsp3) is 0.222. The van der Waals surface area contributed by atoms with Crippen molar-refractivity contribution in [1.29, 1.82) is 0 Å². The van der Waals surface area contributed by atoms with Crippen LogP contribution in [-0.2, 0) is 16.0 Å². The fourth-order valence-electron chi connectivity index (χ4n) is 2.25. The summed E-state index contributed by atoms with van der Waals surface area (Å²) in [6.07, 6.45) is 0.222. The van der Waals surface area contributed by atoms with Gasteiger partial charge in [0.05, 0.1) is 12.5 Å². The average Bonchev–Trinajstić information content (AvgIpc) is 2.48. The number of nitrogens with one attached hydrogen (secondary N) is 2. The minimum absolute atomic E-state index is 0.139. The van der Waals surface area contributed by atoms with Crippen LogP contribution in [-0.4, -0.2) is 11.8 Å². The second-order valence-corrected chi connectivity index (χ2v) is 5.40. The molecule has 0 saturated heterocycles. The molecule has 120 valence electrons. The van der Waals surface area contributed by atoms with Gasteiger partial charge in [-0.3, -0.25) is 9.59 Å². The number of halogens is 1. The molecule has 0 heterocycles. The molecule has 2 N–H and O–H groups in total. The molecule has 0 spiro atoms. The Balaban J connectivity index is 1.92. The number of anilines is 1. The SMILES string of the molecule is CC(=O)Nc1ccc(CC(=O)NC(C)c2cccc(F)c2)cc1. The number of hydrogen-bond donors (Lipinski definition) is 2. The van der Waals surface area contributed by atoms with Crippen molar-refractivity contribution in [2.45, 2.75) is 26.3 Å². The number of hydrogen-bond acceptors (Lipinski definition) is 2. The highest BCUT2D eigenvalue weighted by Gasteiger charge is 2.10. The molecule has 0 fully saturated rings. The van der Waals surface area contributed by atoms with Crippen molar-refractivity contribution in [2.75, 3.05) is 5.32 Å². The van der Waals surface area contributed by atoms with E-state index in [4.69, 9.17) is 0 Å².